The summed E-state index contributed by atoms with van der Waals surface area (Å²) < 4.78 is 7.76. The Balaban J connectivity index is 1.12. The van der Waals surface area contributed by atoms with Crippen molar-refractivity contribution in [2.45, 2.75) is 205 Å². The molecule has 11 aliphatic rings. The van der Waals surface area contributed by atoms with Gasteiger partial charge < -0.3 is 9.64 Å². The molecule has 7 fully saturated rings. The molecule has 14 unspecified atom stereocenters. The van der Waals surface area contributed by atoms with Crippen LogP contribution in [0.15, 0.2) is 71.5 Å². The van der Waals surface area contributed by atoms with Gasteiger partial charge in [0, 0.05) is 35.3 Å². The number of rotatable bonds is 3. The Morgan fingerprint density at radius 2 is 1.60 bits per heavy atom. The van der Waals surface area contributed by atoms with E-state index in [1.807, 2.05) is 0 Å². The van der Waals surface area contributed by atoms with Gasteiger partial charge in [0.25, 0.3) is 0 Å². The standard InChI is InChI=1S/C53H77BN2O/c1-33-18-17-19-34(2)45(33)36-30-42-47-43(31-36)56-49-41(26-25-39(35-20-11-8-12-21-35)46(49)53(52(56,6)7)28-15-10-16-29-53)54(47)50-48(55(42)38-22-13-9-14-23-38)40-32-37(51(3,4)5)24-27-44(40)57-50/h17-19,22,24-27,32-33,35-36,39-50H,8-16,20-21,23,28-31H2,1-7H3. The molecule has 4 saturated heterocycles. The number of fused-ring (bicyclic) bond motifs is 7. The van der Waals surface area contributed by atoms with Gasteiger partial charge >= 0.3 is 0 Å². The minimum absolute atomic E-state index is 0.143. The molecule has 1 spiro atoms. The molecular weight excluding hydrogens is 691 g/mol. The van der Waals surface area contributed by atoms with Gasteiger partial charge in [0.15, 0.2) is 6.71 Å². The molecule has 3 saturated carbocycles. The van der Waals surface area contributed by atoms with E-state index in [4.69, 9.17) is 4.74 Å². The van der Waals surface area contributed by atoms with Crippen LogP contribution in [0.5, 0.6) is 0 Å². The maximum Gasteiger partial charge on any atom is 0.194 e. The lowest BCUT2D eigenvalue weighted by atomic mass is 9.21. The van der Waals surface area contributed by atoms with E-state index < -0.39 is 0 Å². The van der Waals surface area contributed by atoms with Crippen molar-refractivity contribution in [3.63, 3.8) is 0 Å². The molecule has 14 atom stereocenters. The molecule has 308 valence electrons. The first-order valence-electron chi connectivity index (χ1n) is 24.8. The molecule has 0 radical (unpaired) electrons. The molecule has 4 heterocycles. The molecule has 0 bridgehead atoms. The topological polar surface area (TPSA) is 15.7 Å². The molecule has 7 aliphatic carbocycles. The van der Waals surface area contributed by atoms with E-state index in [1.54, 1.807) is 11.3 Å². The summed E-state index contributed by atoms with van der Waals surface area (Å²) in [5.74, 6) is 6.07. The maximum absolute atomic E-state index is 7.76. The van der Waals surface area contributed by atoms with Crippen LogP contribution in [0.2, 0.25) is 11.6 Å². The van der Waals surface area contributed by atoms with Crippen molar-refractivity contribution >= 4 is 6.71 Å². The third-order valence-electron chi connectivity index (χ3n) is 19.9. The predicted molar refractivity (Wildman–Crippen MR) is 238 cm³/mol. The summed E-state index contributed by atoms with van der Waals surface area (Å²) >= 11 is 0. The number of allylic oxidation sites excluding steroid dienone is 9. The Morgan fingerprint density at radius 3 is 2.33 bits per heavy atom. The van der Waals surface area contributed by atoms with Gasteiger partial charge in [0.2, 0.25) is 0 Å². The molecular formula is C53H77BN2O. The zero-order chi connectivity index (χ0) is 39.0. The van der Waals surface area contributed by atoms with Crippen LogP contribution in [0, 0.1) is 52.3 Å². The molecule has 4 aliphatic heterocycles. The first-order valence-corrected chi connectivity index (χ1v) is 24.8. The van der Waals surface area contributed by atoms with E-state index >= 15 is 0 Å². The molecule has 3 nitrogen and oxygen atoms in total. The quantitative estimate of drug-likeness (QED) is 0.210. The van der Waals surface area contributed by atoms with Crippen LogP contribution in [-0.4, -0.2) is 58.3 Å². The minimum atomic E-state index is 0.143. The zero-order valence-electron chi connectivity index (χ0n) is 37.1. The van der Waals surface area contributed by atoms with Gasteiger partial charge in [0.05, 0.1) is 18.1 Å². The Labute approximate surface area is 348 Å². The lowest BCUT2D eigenvalue weighted by Gasteiger charge is -2.67. The zero-order valence-corrected chi connectivity index (χ0v) is 37.1. The summed E-state index contributed by atoms with van der Waals surface area (Å²) in [4.78, 5) is 6.59. The highest BCUT2D eigenvalue weighted by atomic mass is 16.5. The van der Waals surface area contributed by atoms with Gasteiger partial charge in [-0.3, -0.25) is 4.90 Å². The van der Waals surface area contributed by atoms with Gasteiger partial charge in [0.1, 0.15) is 0 Å². The molecule has 4 heteroatoms. The number of nitrogens with zero attached hydrogens (tertiary/aromatic N) is 2. The fraction of sp³-hybridized carbons (Fsp3) is 0.774. The van der Waals surface area contributed by atoms with Crippen LogP contribution in [0.4, 0.5) is 0 Å². The van der Waals surface area contributed by atoms with Gasteiger partial charge in [-0.15, -0.1) is 0 Å². The van der Waals surface area contributed by atoms with E-state index in [1.165, 1.54) is 108 Å². The molecule has 11 rings (SSSR count). The van der Waals surface area contributed by atoms with Crippen molar-refractivity contribution in [1.82, 2.24) is 9.80 Å². The van der Waals surface area contributed by atoms with Gasteiger partial charge in [-0.1, -0.05) is 126 Å². The second-order valence-corrected chi connectivity index (χ2v) is 23.6. The molecule has 0 aromatic heterocycles. The van der Waals surface area contributed by atoms with E-state index in [9.17, 15) is 0 Å². The van der Waals surface area contributed by atoms with Crippen molar-refractivity contribution in [1.29, 1.82) is 0 Å². The highest BCUT2D eigenvalue weighted by Crippen LogP contribution is 2.72. The molecule has 0 aromatic rings. The average molecular weight is 769 g/mol. The SMILES string of the molecule is CC1=CC=CC(C)C1C1CC2C3B(C4C=CC(C5CCCCC5)C5C4N(C3C1)C(C)(C)C51CCCCC1)C1OC3C=CC(C(C)(C)C)=CC3C1N2C1=CCCCC1. The number of hydrogen-bond donors (Lipinski definition) is 0. The summed E-state index contributed by atoms with van der Waals surface area (Å²) in [7, 11) is 0. The maximum atomic E-state index is 7.76. The van der Waals surface area contributed by atoms with Crippen LogP contribution in [-0.2, 0) is 4.74 Å². The summed E-state index contributed by atoms with van der Waals surface area (Å²) in [5, 5.41) is 0. The number of ether oxygens (including phenoxy) is 1. The van der Waals surface area contributed by atoms with Crippen LogP contribution in [0.25, 0.3) is 0 Å². The minimum Gasteiger partial charge on any atom is -0.376 e. The second kappa shape index (κ2) is 13.9. The summed E-state index contributed by atoms with van der Waals surface area (Å²) in [6, 6.07) is 2.58. The van der Waals surface area contributed by atoms with Gasteiger partial charge in [-0.2, -0.15) is 0 Å². The van der Waals surface area contributed by atoms with Gasteiger partial charge in [-0.25, -0.2) is 0 Å². The Kier molecular flexibility index (Phi) is 9.29. The lowest BCUT2D eigenvalue weighted by molar-refractivity contribution is -0.0601. The number of hydrogen-bond acceptors (Lipinski definition) is 3. The highest BCUT2D eigenvalue weighted by molar-refractivity contribution is 6.65. The van der Waals surface area contributed by atoms with Crippen molar-refractivity contribution in [2.75, 3.05) is 0 Å². The molecule has 0 N–H and O–H groups in total. The smallest absolute Gasteiger partial charge is 0.194 e. The molecule has 0 amide bonds. The predicted octanol–water partition coefficient (Wildman–Crippen LogP) is 12.6. The van der Waals surface area contributed by atoms with Crippen LogP contribution in [0.3, 0.4) is 0 Å². The normalized spacial score (nSPS) is 45.8. The van der Waals surface area contributed by atoms with Gasteiger partial charge in [-0.05, 0) is 149 Å². The Hall–Kier alpha value is -1.78. The van der Waals surface area contributed by atoms with E-state index in [0.717, 1.165) is 17.8 Å². The first kappa shape index (κ1) is 38.2. The molecule has 0 aromatic carbocycles. The Morgan fingerprint density at radius 1 is 0.825 bits per heavy atom. The van der Waals surface area contributed by atoms with E-state index in [-0.39, 0.29) is 23.1 Å². The summed E-state index contributed by atoms with van der Waals surface area (Å²) in [5.41, 5.74) is 5.63. The monoisotopic (exact) mass is 769 g/mol. The van der Waals surface area contributed by atoms with Crippen molar-refractivity contribution in [3.05, 3.63) is 71.5 Å². The van der Waals surface area contributed by atoms with Crippen molar-refractivity contribution in [3.8, 4) is 0 Å². The second-order valence-electron chi connectivity index (χ2n) is 23.6. The fourth-order valence-electron chi connectivity index (χ4n) is 17.8. The largest absolute Gasteiger partial charge is 0.376 e. The first-order chi connectivity index (χ1) is 27.5. The average Bonchev–Trinajstić information content (AvgIpc) is 3.67. The fourth-order valence-corrected chi connectivity index (χ4v) is 17.8. The van der Waals surface area contributed by atoms with Crippen molar-refractivity contribution < 1.29 is 4.74 Å². The lowest BCUT2D eigenvalue weighted by Crippen LogP contribution is -2.75. The third-order valence-corrected chi connectivity index (χ3v) is 19.9. The summed E-state index contributed by atoms with van der Waals surface area (Å²) in [6.07, 6.45) is 46.4. The van der Waals surface area contributed by atoms with Crippen LogP contribution >= 0.6 is 0 Å². The van der Waals surface area contributed by atoms with Crippen LogP contribution < -0.4 is 0 Å². The van der Waals surface area contributed by atoms with E-state index in [2.05, 4.69) is 113 Å². The van der Waals surface area contributed by atoms with Crippen LogP contribution in [0.1, 0.15) is 151 Å². The third kappa shape index (κ3) is 5.55. The molecule has 57 heavy (non-hydrogen) atoms. The highest BCUT2D eigenvalue weighted by Gasteiger charge is 2.76. The summed E-state index contributed by atoms with van der Waals surface area (Å²) in [6.45, 7) is 18.6. The van der Waals surface area contributed by atoms with Crippen molar-refractivity contribution in [2.24, 2.45) is 52.3 Å². The van der Waals surface area contributed by atoms with E-state index in [0.29, 0.717) is 71.6 Å². The Bertz CT molecular complexity index is 1760.